The normalized spacial score (nSPS) is 10.1. The second-order valence-corrected chi connectivity index (χ2v) is 5.18. The number of hydrogen-bond acceptors (Lipinski definition) is 0. The summed E-state index contributed by atoms with van der Waals surface area (Å²) in [4.78, 5) is 0. The molecule has 0 aliphatic heterocycles. The molecule has 0 N–H and O–H groups in total. The van der Waals surface area contributed by atoms with Crippen molar-refractivity contribution in [2.75, 3.05) is 0 Å². The van der Waals surface area contributed by atoms with Crippen molar-refractivity contribution in [3.05, 3.63) is 9.47 Å². The second kappa shape index (κ2) is 6.41. The average molecular weight is 270 g/mol. The van der Waals surface area contributed by atoms with Gasteiger partial charge in [-0.3, -0.25) is 0 Å². The van der Waals surface area contributed by atoms with Crippen LogP contribution in [0, 0.1) is 5.92 Å². The van der Waals surface area contributed by atoms with E-state index in [-0.39, 0.29) is 0 Å². The number of rotatable bonds is 4. The Morgan fingerprint density at radius 2 is 1.80 bits per heavy atom. The van der Waals surface area contributed by atoms with E-state index >= 15 is 0 Å². The van der Waals surface area contributed by atoms with Gasteiger partial charge in [0.15, 0.2) is 0 Å². The topological polar surface area (TPSA) is 0 Å². The van der Waals surface area contributed by atoms with Crippen LogP contribution in [-0.2, 0) is 0 Å². The Morgan fingerprint density at radius 1 is 1.30 bits per heavy atom. The van der Waals surface area contributed by atoms with Crippen LogP contribution in [0.1, 0.15) is 33.1 Å². The monoisotopic (exact) mass is 268 g/mol. The molecule has 0 aromatic carbocycles. The minimum Gasteiger partial charge on any atom is -0.0651 e. The minimum atomic E-state index is 0.852. The molecule has 0 aromatic rings. The molecule has 0 amide bonds. The maximum Gasteiger partial charge on any atom is 0.0564 e. The molecule has 2 heteroatoms. The highest BCUT2D eigenvalue weighted by Gasteiger charge is 1.99. The van der Waals surface area contributed by atoms with Crippen LogP contribution in [0.5, 0.6) is 0 Å². The van der Waals surface area contributed by atoms with E-state index in [0.717, 1.165) is 9.31 Å². The summed E-state index contributed by atoms with van der Waals surface area (Å²) in [7, 11) is 0. The quantitative estimate of drug-likeness (QED) is 0.708. The van der Waals surface area contributed by atoms with Gasteiger partial charge in [-0.15, -0.1) is 0 Å². The summed E-state index contributed by atoms with van der Waals surface area (Å²) < 4.78 is 1.08. The first-order valence-corrected chi connectivity index (χ1v) is 5.30. The largest absolute Gasteiger partial charge is 0.0651 e. The van der Waals surface area contributed by atoms with Gasteiger partial charge in [0.05, 0.1) is 3.39 Å². The van der Waals surface area contributed by atoms with Crippen molar-refractivity contribution in [3.63, 3.8) is 0 Å². The number of allylic oxidation sites excluding steroid dienone is 1. The molecule has 0 saturated heterocycles. The van der Waals surface area contributed by atoms with Crippen LogP contribution >= 0.6 is 31.9 Å². The van der Waals surface area contributed by atoms with Crippen LogP contribution < -0.4 is 0 Å². The summed E-state index contributed by atoms with van der Waals surface area (Å²) in [6.45, 7) is 4.48. The SMILES string of the molecule is CCC(CC)CC=C(Br)Br. The van der Waals surface area contributed by atoms with Crippen LogP contribution in [-0.4, -0.2) is 0 Å². The summed E-state index contributed by atoms with van der Waals surface area (Å²) in [5.74, 6) is 0.852. The highest BCUT2D eigenvalue weighted by Crippen LogP contribution is 2.19. The zero-order valence-corrected chi connectivity index (χ0v) is 9.70. The Bertz CT molecular complexity index is 99.8. The first kappa shape index (κ1) is 10.7. The van der Waals surface area contributed by atoms with Gasteiger partial charge in [0, 0.05) is 0 Å². The van der Waals surface area contributed by atoms with Crippen molar-refractivity contribution in [2.24, 2.45) is 5.92 Å². The Kier molecular flexibility index (Phi) is 6.86. The Morgan fingerprint density at radius 3 is 2.10 bits per heavy atom. The smallest absolute Gasteiger partial charge is 0.0564 e. The van der Waals surface area contributed by atoms with E-state index in [1.165, 1.54) is 19.3 Å². The van der Waals surface area contributed by atoms with Crippen LogP contribution in [0.4, 0.5) is 0 Å². The summed E-state index contributed by atoms with van der Waals surface area (Å²) >= 11 is 6.68. The van der Waals surface area contributed by atoms with Crippen molar-refractivity contribution in [1.82, 2.24) is 0 Å². The standard InChI is InChI=1S/C8H14Br2/c1-3-7(4-2)5-6-8(9)10/h6-7H,3-5H2,1-2H3. The Labute approximate surface area is 80.3 Å². The molecular formula is C8H14Br2. The van der Waals surface area contributed by atoms with Crippen molar-refractivity contribution in [3.8, 4) is 0 Å². The molecule has 0 saturated carbocycles. The zero-order valence-electron chi connectivity index (χ0n) is 6.53. The van der Waals surface area contributed by atoms with Gasteiger partial charge in [0.2, 0.25) is 0 Å². The van der Waals surface area contributed by atoms with Gasteiger partial charge < -0.3 is 0 Å². The molecule has 0 spiro atoms. The van der Waals surface area contributed by atoms with Gasteiger partial charge >= 0.3 is 0 Å². The van der Waals surface area contributed by atoms with Gasteiger partial charge in [0.1, 0.15) is 0 Å². The summed E-state index contributed by atoms with van der Waals surface area (Å²) in [5, 5.41) is 0. The summed E-state index contributed by atoms with van der Waals surface area (Å²) in [6, 6.07) is 0. The molecule has 0 unspecified atom stereocenters. The molecule has 0 aromatic heterocycles. The third-order valence-corrected chi connectivity index (χ3v) is 2.41. The Balaban J connectivity index is 3.54. The van der Waals surface area contributed by atoms with Gasteiger partial charge in [-0.25, -0.2) is 0 Å². The first-order chi connectivity index (χ1) is 4.70. The molecule has 0 nitrogen and oxygen atoms in total. The lowest BCUT2D eigenvalue weighted by atomic mass is 10.00. The predicted molar refractivity (Wildman–Crippen MR) is 54.6 cm³/mol. The molecule has 0 aliphatic rings. The van der Waals surface area contributed by atoms with Crippen LogP contribution in [0.3, 0.4) is 0 Å². The molecule has 0 fully saturated rings. The Hall–Kier alpha value is 0.700. The van der Waals surface area contributed by atoms with Crippen molar-refractivity contribution in [2.45, 2.75) is 33.1 Å². The number of hydrogen-bond donors (Lipinski definition) is 0. The van der Waals surface area contributed by atoms with Crippen LogP contribution in [0.15, 0.2) is 9.47 Å². The minimum absolute atomic E-state index is 0.852. The molecule has 10 heavy (non-hydrogen) atoms. The van der Waals surface area contributed by atoms with E-state index in [4.69, 9.17) is 0 Å². The lowest BCUT2D eigenvalue weighted by Crippen LogP contribution is -1.93. The first-order valence-electron chi connectivity index (χ1n) is 3.71. The maximum absolute atomic E-state index is 3.34. The molecule has 0 atom stereocenters. The molecule has 0 heterocycles. The summed E-state index contributed by atoms with van der Waals surface area (Å²) in [5.41, 5.74) is 0. The third-order valence-electron chi connectivity index (χ3n) is 1.76. The van der Waals surface area contributed by atoms with E-state index in [1.54, 1.807) is 0 Å². The molecule has 0 aliphatic carbocycles. The van der Waals surface area contributed by atoms with E-state index in [1.807, 2.05) is 0 Å². The van der Waals surface area contributed by atoms with Crippen LogP contribution in [0.2, 0.25) is 0 Å². The molecule has 0 radical (unpaired) electrons. The van der Waals surface area contributed by atoms with Gasteiger partial charge in [-0.1, -0.05) is 32.8 Å². The molecule has 60 valence electrons. The highest BCUT2D eigenvalue weighted by molar-refractivity contribution is 9.28. The molecular weight excluding hydrogens is 256 g/mol. The van der Waals surface area contributed by atoms with E-state index in [9.17, 15) is 0 Å². The highest BCUT2D eigenvalue weighted by atomic mass is 79.9. The fraction of sp³-hybridized carbons (Fsp3) is 0.750. The average Bonchev–Trinajstić information content (AvgIpc) is 1.90. The lowest BCUT2D eigenvalue weighted by molar-refractivity contribution is 0.500. The van der Waals surface area contributed by atoms with Crippen molar-refractivity contribution >= 4 is 31.9 Å². The fourth-order valence-electron chi connectivity index (χ4n) is 0.878. The van der Waals surface area contributed by atoms with Gasteiger partial charge in [-0.2, -0.15) is 0 Å². The van der Waals surface area contributed by atoms with E-state index < -0.39 is 0 Å². The predicted octanol–water partition coefficient (Wildman–Crippen LogP) is 4.44. The molecule has 0 rings (SSSR count). The summed E-state index contributed by atoms with van der Waals surface area (Å²) in [6.07, 6.45) is 5.91. The molecule has 0 bridgehead atoms. The fourth-order valence-corrected chi connectivity index (χ4v) is 1.25. The van der Waals surface area contributed by atoms with Crippen molar-refractivity contribution in [1.29, 1.82) is 0 Å². The van der Waals surface area contributed by atoms with Gasteiger partial charge in [-0.05, 0) is 44.2 Å². The van der Waals surface area contributed by atoms with E-state index in [0.29, 0.717) is 0 Å². The maximum atomic E-state index is 3.34. The van der Waals surface area contributed by atoms with Gasteiger partial charge in [0.25, 0.3) is 0 Å². The number of halogens is 2. The van der Waals surface area contributed by atoms with Crippen LogP contribution in [0.25, 0.3) is 0 Å². The third kappa shape index (κ3) is 5.48. The van der Waals surface area contributed by atoms with E-state index in [2.05, 4.69) is 51.8 Å². The van der Waals surface area contributed by atoms with Crippen molar-refractivity contribution < 1.29 is 0 Å². The second-order valence-electron chi connectivity index (χ2n) is 2.41. The lowest BCUT2D eigenvalue weighted by Gasteiger charge is -2.07. The zero-order chi connectivity index (χ0) is 7.98.